The van der Waals surface area contributed by atoms with Gasteiger partial charge in [-0.15, -0.1) is 0 Å². The average molecular weight is 335 g/mol. The molecule has 0 aliphatic heterocycles. The van der Waals surface area contributed by atoms with Crippen molar-refractivity contribution in [1.82, 2.24) is 0 Å². The first kappa shape index (κ1) is 16.7. The number of benzene rings is 3. The van der Waals surface area contributed by atoms with Crippen LogP contribution in [0, 0.1) is 0 Å². The van der Waals surface area contributed by atoms with E-state index in [1.807, 2.05) is 60.7 Å². The maximum Gasteiger partial charge on any atom is 0.146 e. The summed E-state index contributed by atoms with van der Waals surface area (Å²) in [4.78, 5) is 2.14. The number of hydrogen-bond donors (Lipinski definition) is 0. The maximum absolute atomic E-state index is 5.61. The van der Waals surface area contributed by atoms with Crippen molar-refractivity contribution in [2.45, 2.75) is 0 Å². The summed E-state index contributed by atoms with van der Waals surface area (Å²) in [7, 11) is 4.97. The lowest BCUT2D eigenvalue weighted by atomic mass is 10.1. The molecule has 0 saturated heterocycles. The summed E-state index contributed by atoms with van der Waals surface area (Å²) in [6.07, 6.45) is 0. The molecule has 4 heteroatoms. The van der Waals surface area contributed by atoms with Crippen molar-refractivity contribution in [2.75, 3.05) is 26.2 Å². The van der Waals surface area contributed by atoms with Crippen molar-refractivity contribution in [2.24, 2.45) is 0 Å². The summed E-state index contributed by atoms with van der Waals surface area (Å²) in [6.45, 7) is 0. The SMILES string of the molecule is COc1ccc(N(c2ccccc2)c2ccc(OC)cc2OC)cc1. The summed E-state index contributed by atoms with van der Waals surface area (Å²) in [5.41, 5.74) is 2.98. The largest absolute Gasteiger partial charge is 0.497 e. The molecule has 25 heavy (non-hydrogen) atoms. The van der Waals surface area contributed by atoms with Crippen LogP contribution in [0.4, 0.5) is 17.1 Å². The highest BCUT2D eigenvalue weighted by atomic mass is 16.5. The van der Waals surface area contributed by atoms with E-state index in [4.69, 9.17) is 14.2 Å². The topological polar surface area (TPSA) is 30.9 Å². The van der Waals surface area contributed by atoms with E-state index in [1.165, 1.54) is 0 Å². The minimum Gasteiger partial charge on any atom is -0.497 e. The average Bonchev–Trinajstić information content (AvgIpc) is 2.69. The Bertz CT molecular complexity index is 816. The molecule has 0 spiro atoms. The van der Waals surface area contributed by atoms with E-state index in [1.54, 1.807) is 21.3 Å². The molecule has 3 rings (SSSR count). The molecule has 0 amide bonds. The lowest BCUT2D eigenvalue weighted by molar-refractivity contribution is 0.395. The smallest absolute Gasteiger partial charge is 0.146 e. The molecule has 0 radical (unpaired) electrons. The predicted molar refractivity (Wildman–Crippen MR) is 101 cm³/mol. The fraction of sp³-hybridized carbons (Fsp3) is 0.143. The third kappa shape index (κ3) is 3.53. The van der Waals surface area contributed by atoms with Gasteiger partial charge in [0.05, 0.1) is 27.0 Å². The van der Waals surface area contributed by atoms with E-state index in [-0.39, 0.29) is 0 Å². The van der Waals surface area contributed by atoms with Crippen molar-refractivity contribution in [3.05, 3.63) is 72.8 Å². The first-order valence-corrected chi connectivity index (χ1v) is 7.98. The van der Waals surface area contributed by atoms with Crippen LogP contribution in [-0.2, 0) is 0 Å². The fourth-order valence-corrected chi connectivity index (χ4v) is 2.71. The molecular formula is C21H21NO3. The van der Waals surface area contributed by atoms with Gasteiger partial charge in [-0.25, -0.2) is 0 Å². The van der Waals surface area contributed by atoms with Crippen LogP contribution < -0.4 is 19.1 Å². The second-order valence-corrected chi connectivity index (χ2v) is 5.41. The molecule has 0 heterocycles. The zero-order valence-electron chi connectivity index (χ0n) is 14.6. The molecule has 3 aromatic rings. The van der Waals surface area contributed by atoms with Crippen molar-refractivity contribution in [3.63, 3.8) is 0 Å². The van der Waals surface area contributed by atoms with Crippen LogP contribution in [0.2, 0.25) is 0 Å². The maximum atomic E-state index is 5.61. The Morgan fingerprint density at radius 3 is 1.80 bits per heavy atom. The molecule has 0 aliphatic rings. The number of hydrogen-bond acceptors (Lipinski definition) is 4. The molecule has 0 N–H and O–H groups in total. The molecule has 0 fully saturated rings. The lowest BCUT2D eigenvalue weighted by Gasteiger charge is -2.27. The van der Waals surface area contributed by atoms with Crippen LogP contribution >= 0.6 is 0 Å². The van der Waals surface area contributed by atoms with Crippen molar-refractivity contribution in [1.29, 1.82) is 0 Å². The first-order valence-electron chi connectivity index (χ1n) is 7.98. The lowest BCUT2D eigenvalue weighted by Crippen LogP contribution is -2.11. The zero-order chi connectivity index (χ0) is 17.6. The third-order valence-electron chi connectivity index (χ3n) is 3.97. The second kappa shape index (κ2) is 7.62. The minimum atomic E-state index is 0.735. The Hall–Kier alpha value is -3.14. The van der Waals surface area contributed by atoms with E-state index in [0.29, 0.717) is 0 Å². The summed E-state index contributed by atoms with van der Waals surface area (Å²) in [5.74, 6) is 2.31. The highest BCUT2D eigenvalue weighted by Gasteiger charge is 2.17. The molecule has 0 aromatic heterocycles. The van der Waals surface area contributed by atoms with Gasteiger partial charge in [-0.3, -0.25) is 0 Å². The number of methoxy groups -OCH3 is 3. The molecule has 4 nitrogen and oxygen atoms in total. The van der Waals surface area contributed by atoms with Crippen LogP contribution in [0.1, 0.15) is 0 Å². The van der Waals surface area contributed by atoms with Crippen molar-refractivity contribution in [3.8, 4) is 17.2 Å². The number of para-hydroxylation sites is 1. The Kier molecular flexibility index (Phi) is 5.09. The Balaban J connectivity index is 2.14. The van der Waals surface area contributed by atoms with Gasteiger partial charge in [0.2, 0.25) is 0 Å². The van der Waals surface area contributed by atoms with E-state index in [0.717, 1.165) is 34.3 Å². The Morgan fingerprint density at radius 1 is 0.600 bits per heavy atom. The summed E-state index contributed by atoms with van der Waals surface area (Å²) < 4.78 is 16.2. The van der Waals surface area contributed by atoms with E-state index in [2.05, 4.69) is 17.0 Å². The number of ether oxygens (including phenoxy) is 3. The van der Waals surface area contributed by atoms with Gasteiger partial charge in [-0.05, 0) is 48.5 Å². The van der Waals surface area contributed by atoms with Gasteiger partial charge in [-0.1, -0.05) is 18.2 Å². The third-order valence-corrected chi connectivity index (χ3v) is 3.97. The van der Waals surface area contributed by atoms with E-state index >= 15 is 0 Å². The van der Waals surface area contributed by atoms with Crippen LogP contribution in [0.15, 0.2) is 72.8 Å². The highest BCUT2D eigenvalue weighted by molar-refractivity contribution is 5.80. The Morgan fingerprint density at radius 2 is 1.20 bits per heavy atom. The van der Waals surface area contributed by atoms with E-state index in [9.17, 15) is 0 Å². The molecule has 0 aliphatic carbocycles. The molecular weight excluding hydrogens is 314 g/mol. The summed E-state index contributed by atoms with van der Waals surface area (Å²) in [6, 6.07) is 23.9. The Labute approximate surface area is 148 Å². The highest BCUT2D eigenvalue weighted by Crippen LogP contribution is 2.41. The second-order valence-electron chi connectivity index (χ2n) is 5.41. The van der Waals surface area contributed by atoms with Crippen molar-refractivity contribution >= 4 is 17.1 Å². The number of anilines is 3. The summed E-state index contributed by atoms with van der Waals surface area (Å²) >= 11 is 0. The van der Waals surface area contributed by atoms with Gasteiger partial charge in [-0.2, -0.15) is 0 Å². The predicted octanol–water partition coefficient (Wildman–Crippen LogP) is 5.18. The molecule has 0 atom stereocenters. The van der Waals surface area contributed by atoms with Crippen LogP contribution in [0.25, 0.3) is 0 Å². The number of nitrogens with zero attached hydrogens (tertiary/aromatic N) is 1. The van der Waals surface area contributed by atoms with Gasteiger partial charge in [0, 0.05) is 17.4 Å². The summed E-state index contributed by atoms with van der Waals surface area (Å²) in [5, 5.41) is 0. The quantitative estimate of drug-likeness (QED) is 0.621. The monoisotopic (exact) mass is 335 g/mol. The van der Waals surface area contributed by atoms with Gasteiger partial charge >= 0.3 is 0 Å². The molecule has 3 aromatic carbocycles. The minimum absolute atomic E-state index is 0.735. The van der Waals surface area contributed by atoms with Gasteiger partial charge < -0.3 is 19.1 Å². The van der Waals surface area contributed by atoms with E-state index < -0.39 is 0 Å². The van der Waals surface area contributed by atoms with Crippen LogP contribution in [-0.4, -0.2) is 21.3 Å². The van der Waals surface area contributed by atoms with Gasteiger partial charge in [0.15, 0.2) is 0 Å². The van der Waals surface area contributed by atoms with Crippen LogP contribution in [0.3, 0.4) is 0 Å². The fourth-order valence-electron chi connectivity index (χ4n) is 2.71. The zero-order valence-corrected chi connectivity index (χ0v) is 14.6. The molecule has 0 bridgehead atoms. The first-order chi connectivity index (χ1) is 12.3. The van der Waals surface area contributed by atoms with Gasteiger partial charge in [0.1, 0.15) is 17.2 Å². The molecule has 0 unspecified atom stereocenters. The van der Waals surface area contributed by atoms with Crippen LogP contribution in [0.5, 0.6) is 17.2 Å². The standard InChI is InChI=1S/C21H21NO3/c1-23-18-11-9-17(10-12-18)22(16-7-5-4-6-8-16)20-14-13-19(24-2)15-21(20)25-3/h4-15H,1-3H3. The van der Waals surface area contributed by atoms with Gasteiger partial charge in [0.25, 0.3) is 0 Å². The molecule has 128 valence electrons. The number of rotatable bonds is 6. The molecule has 0 saturated carbocycles. The normalized spacial score (nSPS) is 10.2. The van der Waals surface area contributed by atoms with Crippen molar-refractivity contribution < 1.29 is 14.2 Å².